The third kappa shape index (κ3) is 1.83. The van der Waals surface area contributed by atoms with Crippen molar-refractivity contribution in [3.05, 3.63) is 51.8 Å². The number of hydrogen-bond donors (Lipinski definition) is 0. The zero-order chi connectivity index (χ0) is 10.8. The minimum Gasteiger partial charge on any atom is -0.493 e. The molecule has 1 aromatic carbocycles. The second-order valence-electron chi connectivity index (χ2n) is 3.55. The minimum atomic E-state index is -0.357. The number of hydrogen-bond acceptors (Lipinski definition) is 3. The van der Waals surface area contributed by atoms with Crippen molar-refractivity contribution in [1.82, 2.24) is 0 Å². The monoisotopic (exact) mass is 205 g/mol. The molecule has 0 saturated carbocycles. The summed E-state index contributed by atoms with van der Waals surface area (Å²) in [5, 5.41) is 10.9. The molecule has 2 rings (SSSR count). The smallest absolute Gasteiger partial charge is 0.276 e. The first-order valence-electron chi connectivity index (χ1n) is 4.74. The molecule has 78 valence electrons. The zero-order valence-electron chi connectivity index (χ0n) is 8.34. The van der Waals surface area contributed by atoms with Gasteiger partial charge in [0.15, 0.2) is 0 Å². The van der Waals surface area contributed by atoms with Gasteiger partial charge in [-0.2, -0.15) is 0 Å². The van der Waals surface area contributed by atoms with E-state index in [4.69, 9.17) is 4.74 Å². The predicted molar refractivity (Wildman–Crippen MR) is 55.4 cm³/mol. The highest BCUT2D eigenvalue weighted by molar-refractivity contribution is 5.45. The minimum absolute atomic E-state index is 0.142. The lowest BCUT2D eigenvalue weighted by molar-refractivity contribution is -0.386. The maximum absolute atomic E-state index is 10.9. The van der Waals surface area contributed by atoms with Crippen LogP contribution >= 0.6 is 0 Å². The Bertz CT molecular complexity index is 418. The SMILES string of the molecule is Cc1ccc(C2CC=CO2)c([N+](=O)[O-])c1. The Balaban J connectivity index is 2.41. The lowest BCUT2D eigenvalue weighted by Crippen LogP contribution is -2.01. The van der Waals surface area contributed by atoms with Crippen molar-refractivity contribution in [2.24, 2.45) is 0 Å². The molecule has 0 N–H and O–H groups in total. The molecular weight excluding hydrogens is 194 g/mol. The first-order valence-corrected chi connectivity index (χ1v) is 4.74. The van der Waals surface area contributed by atoms with Crippen LogP contribution in [0.2, 0.25) is 0 Å². The Morgan fingerprint density at radius 2 is 2.33 bits per heavy atom. The van der Waals surface area contributed by atoms with Crippen LogP contribution in [0.5, 0.6) is 0 Å². The largest absolute Gasteiger partial charge is 0.493 e. The summed E-state index contributed by atoms with van der Waals surface area (Å²) in [5.74, 6) is 0. The van der Waals surface area contributed by atoms with Crippen LogP contribution in [0, 0.1) is 17.0 Å². The molecule has 0 fully saturated rings. The van der Waals surface area contributed by atoms with Gasteiger partial charge in [-0.25, -0.2) is 0 Å². The number of nitrogens with zero attached hydrogens (tertiary/aromatic N) is 1. The first kappa shape index (κ1) is 9.71. The van der Waals surface area contributed by atoms with Crippen molar-refractivity contribution in [2.45, 2.75) is 19.4 Å². The summed E-state index contributed by atoms with van der Waals surface area (Å²) >= 11 is 0. The van der Waals surface area contributed by atoms with E-state index in [2.05, 4.69) is 0 Å². The average Bonchev–Trinajstić information content (AvgIpc) is 2.70. The van der Waals surface area contributed by atoms with E-state index in [9.17, 15) is 10.1 Å². The summed E-state index contributed by atoms with van der Waals surface area (Å²) in [6, 6.07) is 5.21. The molecule has 1 aliphatic rings. The fourth-order valence-corrected chi connectivity index (χ4v) is 1.67. The Labute approximate surface area is 87.3 Å². The van der Waals surface area contributed by atoms with Crippen molar-refractivity contribution >= 4 is 5.69 Å². The molecular formula is C11H11NO3. The highest BCUT2D eigenvalue weighted by Crippen LogP contribution is 2.33. The van der Waals surface area contributed by atoms with E-state index in [-0.39, 0.29) is 16.7 Å². The number of nitro groups is 1. The van der Waals surface area contributed by atoms with Crippen LogP contribution in [0.3, 0.4) is 0 Å². The molecule has 1 aromatic rings. The van der Waals surface area contributed by atoms with E-state index in [0.717, 1.165) is 5.56 Å². The molecule has 0 aliphatic carbocycles. The average molecular weight is 205 g/mol. The summed E-state index contributed by atoms with van der Waals surface area (Å²) in [5.41, 5.74) is 1.68. The molecule has 0 saturated heterocycles. The van der Waals surface area contributed by atoms with Gasteiger partial charge in [0.1, 0.15) is 6.10 Å². The molecule has 1 unspecified atom stereocenters. The van der Waals surface area contributed by atoms with Gasteiger partial charge in [0, 0.05) is 12.5 Å². The maximum atomic E-state index is 10.9. The zero-order valence-corrected chi connectivity index (χ0v) is 8.34. The van der Waals surface area contributed by atoms with Crippen LogP contribution in [0.4, 0.5) is 5.69 Å². The van der Waals surface area contributed by atoms with Crippen molar-refractivity contribution in [2.75, 3.05) is 0 Å². The molecule has 4 nitrogen and oxygen atoms in total. The van der Waals surface area contributed by atoms with Gasteiger partial charge in [-0.3, -0.25) is 10.1 Å². The van der Waals surface area contributed by atoms with Gasteiger partial charge in [-0.1, -0.05) is 6.07 Å². The van der Waals surface area contributed by atoms with Crippen LogP contribution < -0.4 is 0 Å². The number of rotatable bonds is 2. The van der Waals surface area contributed by atoms with Crippen LogP contribution in [0.25, 0.3) is 0 Å². The fourth-order valence-electron chi connectivity index (χ4n) is 1.67. The number of benzene rings is 1. The van der Waals surface area contributed by atoms with Crippen molar-refractivity contribution in [3.8, 4) is 0 Å². The number of nitro benzene ring substituents is 1. The standard InChI is InChI=1S/C11H11NO3/c1-8-4-5-9(10(7-8)12(13)14)11-3-2-6-15-11/h2,4-7,11H,3H2,1H3. The lowest BCUT2D eigenvalue weighted by atomic mass is 10.0. The molecule has 0 bridgehead atoms. The molecule has 0 radical (unpaired) electrons. The Morgan fingerprint density at radius 3 is 2.93 bits per heavy atom. The van der Waals surface area contributed by atoms with E-state index >= 15 is 0 Å². The molecule has 1 atom stereocenters. The highest BCUT2D eigenvalue weighted by atomic mass is 16.6. The van der Waals surface area contributed by atoms with Crippen molar-refractivity contribution in [1.29, 1.82) is 0 Å². The summed E-state index contributed by atoms with van der Waals surface area (Å²) in [6.45, 7) is 1.84. The number of aryl methyl sites for hydroxylation is 1. The van der Waals surface area contributed by atoms with Gasteiger partial charge >= 0.3 is 0 Å². The van der Waals surface area contributed by atoms with Gasteiger partial charge in [0.25, 0.3) is 5.69 Å². The normalized spacial score (nSPS) is 18.9. The highest BCUT2D eigenvalue weighted by Gasteiger charge is 2.23. The van der Waals surface area contributed by atoms with Gasteiger partial charge in [-0.15, -0.1) is 0 Å². The van der Waals surface area contributed by atoms with Crippen LogP contribution in [-0.4, -0.2) is 4.92 Å². The first-order chi connectivity index (χ1) is 7.18. The molecule has 0 spiro atoms. The quantitative estimate of drug-likeness (QED) is 0.551. The second-order valence-corrected chi connectivity index (χ2v) is 3.55. The summed E-state index contributed by atoms with van der Waals surface area (Å²) in [4.78, 5) is 10.5. The third-order valence-electron chi connectivity index (χ3n) is 2.42. The van der Waals surface area contributed by atoms with Crippen LogP contribution in [0.1, 0.15) is 23.7 Å². The predicted octanol–water partition coefficient (Wildman–Crippen LogP) is 2.88. The Kier molecular flexibility index (Phi) is 2.41. The van der Waals surface area contributed by atoms with Crippen molar-refractivity contribution < 1.29 is 9.66 Å². The molecule has 1 aliphatic heterocycles. The third-order valence-corrected chi connectivity index (χ3v) is 2.42. The molecule has 0 amide bonds. The summed E-state index contributed by atoms with van der Waals surface area (Å²) in [7, 11) is 0. The van der Waals surface area contributed by atoms with Crippen molar-refractivity contribution in [3.63, 3.8) is 0 Å². The van der Waals surface area contributed by atoms with E-state index in [0.29, 0.717) is 12.0 Å². The van der Waals surface area contributed by atoms with E-state index in [1.54, 1.807) is 18.4 Å². The van der Waals surface area contributed by atoms with E-state index in [1.165, 1.54) is 0 Å². The summed E-state index contributed by atoms with van der Waals surface area (Å²) < 4.78 is 5.28. The molecule has 1 heterocycles. The van der Waals surface area contributed by atoms with Gasteiger partial charge in [0.2, 0.25) is 0 Å². The van der Waals surface area contributed by atoms with E-state index < -0.39 is 0 Å². The topological polar surface area (TPSA) is 52.4 Å². The Hall–Kier alpha value is -1.84. The van der Waals surface area contributed by atoms with E-state index in [1.807, 2.05) is 19.1 Å². The summed E-state index contributed by atoms with van der Waals surface area (Å²) in [6.07, 6.45) is 3.96. The van der Waals surface area contributed by atoms with Gasteiger partial charge in [0.05, 0.1) is 16.7 Å². The Morgan fingerprint density at radius 1 is 1.53 bits per heavy atom. The molecule has 4 heteroatoms. The van der Waals surface area contributed by atoms with Gasteiger partial charge < -0.3 is 4.74 Å². The molecule has 15 heavy (non-hydrogen) atoms. The lowest BCUT2D eigenvalue weighted by Gasteiger charge is -2.11. The van der Waals surface area contributed by atoms with Crippen LogP contribution in [-0.2, 0) is 4.74 Å². The molecule has 0 aromatic heterocycles. The number of ether oxygens (including phenoxy) is 1. The fraction of sp³-hybridized carbons (Fsp3) is 0.273. The maximum Gasteiger partial charge on any atom is 0.276 e. The van der Waals surface area contributed by atoms with Crippen LogP contribution in [0.15, 0.2) is 30.5 Å². The van der Waals surface area contributed by atoms with Gasteiger partial charge in [-0.05, 0) is 24.6 Å². The second kappa shape index (κ2) is 3.73.